The predicted octanol–water partition coefficient (Wildman–Crippen LogP) is 6.18. The van der Waals surface area contributed by atoms with Gasteiger partial charge in [0.15, 0.2) is 0 Å². The average Bonchev–Trinajstić information content (AvgIpc) is 2.54. The van der Waals surface area contributed by atoms with Crippen LogP contribution in [0.1, 0.15) is 49.7 Å². The van der Waals surface area contributed by atoms with Gasteiger partial charge in [-0.3, -0.25) is 0 Å². The van der Waals surface area contributed by atoms with E-state index < -0.39 is 23.3 Å². The molecule has 6 heteroatoms. The van der Waals surface area contributed by atoms with Gasteiger partial charge >= 0.3 is 38.8 Å². The second-order valence-electron chi connectivity index (χ2n) is 6.69. The van der Waals surface area contributed by atoms with Crippen LogP contribution in [0.3, 0.4) is 0 Å². The van der Waals surface area contributed by atoms with Crippen molar-refractivity contribution in [3.8, 4) is 5.75 Å². The minimum Gasteiger partial charge on any atom is -0.455 e. The van der Waals surface area contributed by atoms with E-state index in [1.165, 1.54) is 12.1 Å². The summed E-state index contributed by atoms with van der Waals surface area (Å²) in [7, 11) is 0. The van der Waals surface area contributed by atoms with Crippen molar-refractivity contribution in [3.05, 3.63) is 65.2 Å². The van der Waals surface area contributed by atoms with E-state index in [9.17, 15) is 17.6 Å². The minimum atomic E-state index is -3.89. The van der Waals surface area contributed by atoms with Crippen LogP contribution >= 0.6 is 0 Å². The van der Waals surface area contributed by atoms with Gasteiger partial charge in [0.05, 0.1) is 5.56 Å². The van der Waals surface area contributed by atoms with Gasteiger partial charge in [0, 0.05) is 11.6 Å². The molecule has 0 bridgehead atoms. The third-order valence-electron chi connectivity index (χ3n) is 4.78. The molecule has 26 heavy (non-hydrogen) atoms. The molecule has 134 valence electrons. The summed E-state index contributed by atoms with van der Waals surface area (Å²) in [6.45, 7) is 2.18. The van der Waals surface area contributed by atoms with E-state index in [2.05, 4.69) is 17.7 Å². The molecule has 0 amide bonds. The molecule has 2 aromatic rings. The van der Waals surface area contributed by atoms with Crippen molar-refractivity contribution in [1.29, 1.82) is 0 Å². The molecule has 1 nitrogen and oxygen atoms in total. The van der Waals surface area contributed by atoms with Crippen LogP contribution < -0.4 is 4.74 Å². The first-order valence-corrected chi connectivity index (χ1v) is 8.39. The van der Waals surface area contributed by atoms with Crippen LogP contribution in [-0.2, 0) is 38.8 Å². The summed E-state index contributed by atoms with van der Waals surface area (Å²) in [6, 6.07) is 9.02. The molecule has 1 aliphatic carbocycles. The van der Waals surface area contributed by atoms with Crippen LogP contribution in [0.4, 0.5) is 17.6 Å². The number of rotatable bonds is 4. The van der Waals surface area contributed by atoms with Crippen molar-refractivity contribution in [2.45, 2.75) is 44.6 Å². The standard InChI is InChI=1S/C20H19F4O.Y/c1-13-5-7-14(8-6-13)15-9-10-18(19(22)11-15)20(23,24)25-17-4-2-3-16(21)12-17;/h2,4,9-14H,5-8H2,1H3;/q-1;+3. The Bertz CT molecular complexity index is 742. The molecule has 1 saturated carbocycles. The molecule has 0 N–H and O–H groups in total. The maximum atomic E-state index is 14.3. The number of hydrogen-bond donors (Lipinski definition) is 0. The molecular formula is C20H19F4OY+2. The van der Waals surface area contributed by atoms with Crippen LogP contribution in [0.5, 0.6) is 5.75 Å². The van der Waals surface area contributed by atoms with E-state index in [1.807, 2.05) is 0 Å². The van der Waals surface area contributed by atoms with E-state index in [0.717, 1.165) is 55.5 Å². The molecule has 0 aromatic heterocycles. The first kappa shape index (κ1) is 21.4. The molecule has 0 radical (unpaired) electrons. The zero-order valence-corrected chi connectivity index (χ0v) is 17.3. The van der Waals surface area contributed by atoms with Gasteiger partial charge in [0.2, 0.25) is 0 Å². The third kappa shape index (κ3) is 5.07. The Morgan fingerprint density at radius 3 is 2.35 bits per heavy atom. The van der Waals surface area contributed by atoms with E-state index in [1.54, 1.807) is 0 Å². The quantitative estimate of drug-likeness (QED) is 0.407. The second kappa shape index (κ2) is 8.83. The van der Waals surface area contributed by atoms with E-state index >= 15 is 0 Å². The van der Waals surface area contributed by atoms with Crippen molar-refractivity contribution in [2.24, 2.45) is 5.92 Å². The number of ether oxygens (including phenoxy) is 1. The fourth-order valence-electron chi connectivity index (χ4n) is 3.30. The predicted molar refractivity (Wildman–Crippen MR) is 86.5 cm³/mol. The molecule has 0 heterocycles. The van der Waals surface area contributed by atoms with Gasteiger partial charge in [-0.1, -0.05) is 31.9 Å². The Morgan fingerprint density at radius 1 is 1.04 bits per heavy atom. The molecule has 0 aliphatic heterocycles. The fraction of sp³-hybridized carbons (Fsp3) is 0.400. The van der Waals surface area contributed by atoms with Crippen molar-refractivity contribution in [2.75, 3.05) is 0 Å². The van der Waals surface area contributed by atoms with E-state index in [0.29, 0.717) is 5.92 Å². The Kier molecular flexibility index (Phi) is 7.26. The summed E-state index contributed by atoms with van der Waals surface area (Å²) in [6.07, 6.45) is 0.102. The zero-order valence-electron chi connectivity index (χ0n) is 14.4. The zero-order chi connectivity index (χ0) is 18.0. The molecule has 1 aliphatic rings. The number of benzene rings is 2. The van der Waals surface area contributed by atoms with Crippen molar-refractivity contribution in [3.63, 3.8) is 0 Å². The maximum Gasteiger partial charge on any atom is 3.00 e. The monoisotopic (exact) mass is 440 g/mol. The summed E-state index contributed by atoms with van der Waals surface area (Å²) in [5, 5.41) is 0. The SMILES string of the molecule is CC1CCC(c2ccc(C(F)(F)Oc3cc[c-]c(F)c3)c(F)c2)CC1.[Y+3]. The minimum absolute atomic E-state index is 0. The molecule has 0 saturated heterocycles. The van der Waals surface area contributed by atoms with Crippen LogP contribution in [0.25, 0.3) is 0 Å². The number of halogens is 4. The van der Waals surface area contributed by atoms with Gasteiger partial charge in [-0.15, -0.1) is 12.1 Å². The molecule has 1 fully saturated rings. The summed E-state index contributed by atoms with van der Waals surface area (Å²) < 4.78 is 60.4. The summed E-state index contributed by atoms with van der Waals surface area (Å²) in [5.74, 6) is -1.36. The van der Waals surface area contributed by atoms with Crippen LogP contribution in [0.15, 0.2) is 36.4 Å². The van der Waals surface area contributed by atoms with Crippen molar-refractivity contribution < 1.29 is 55.0 Å². The third-order valence-corrected chi connectivity index (χ3v) is 4.78. The molecule has 3 rings (SSSR count). The first-order chi connectivity index (χ1) is 11.8. The van der Waals surface area contributed by atoms with Crippen LogP contribution in [0, 0.1) is 23.6 Å². The summed E-state index contributed by atoms with van der Waals surface area (Å²) in [5.41, 5.74) is -0.113. The van der Waals surface area contributed by atoms with Gasteiger partial charge < -0.3 is 4.74 Å². The summed E-state index contributed by atoms with van der Waals surface area (Å²) in [4.78, 5) is 0. The summed E-state index contributed by atoms with van der Waals surface area (Å²) >= 11 is 0. The van der Waals surface area contributed by atoms with Gasteiger partial charge in [-0.05, 0) is 42.4 Å². The van der Waals surface area contributed by atoms with Crippen LogP contribution in [0.2, 0.25) is 0 Å². The van der Waals surface area contributed by atoms with Crippen LogP contribution in [-0.4, -0.2) is 0 Å². The Morgan fingerprint density at radius 2 is 1.73 bits per heavy atom. The topological polar surface area (TPSA) is 9.23 Å². The Hall–Kier alpha value is -0.936. The normalized spacial score (nSPS) is 20.3. The molecule has 0 unspecified atom stereocenters. The molecule has 0 spiro atoms. The van der Waals surface area contributed by atoms with Gasteiger partial charge in [0.1, 0.15) is 5.82 Å². The Balaban J connectivity index is 0.00000243. The Labute approximate surface area is 176 Å². The van der Waals surface area contributed by atoms with E-state index in [4.69, 9.17) is 0 Å². The van der Waals surface area contributed by atoms with Gasteiger partial charge in [-0.25, -0.2) is 8.78 Å². The molecular weight excluding hydrogens is 421 g/mol. The van der Waals surface area contributed by atoms with Crippen molar-refractivity contribution >= 4 is 0 Å². The van der Waals surface area contributed by atoms with Gasteiger partial charge in [0.25, 0.3) is 0 Å². The fourth-order valence-corrected chi connectivity index (χ4v) is 3.30. The first-order valence-electron chi connectivity index (χ1n) is 8.39. The maximum absolute atomic E-state index is 14.3. The molecule has 0 atom stereocenters. The second-order valence-corrected chi connectivity index (χ2v) is 6.69. The van der Waals surface area contributed by atoms with E-state index in [-0.39, 0.29) is 44.4 Å². The van der Waals surface area contributed by atoms with Crippen molar-refractivity contribution in [1.82, 2.24) is 0 Å². The smallest absolute Gasteiger partial charge is 0.455 e. The average molecular weight is 440 g/mol. The number of alkyl halides is 2. The largest absolute Gasteiger partial charge is 3.00 e. The molecule has 2 aromatic carbocycles. The van der Waals surface area contributed by atoms with Gasteiger partial charge in [-0.2, -0.15) is 14.8 Å². The number of hydrogen-bond acceptors (Lipinski definition) is 1.